The van der Waals surface area contributed by atoms with Gasteiger partial charge in [-0.2, -0.15) is 0 Å². The molecule has 0 amide bonds. The average Bonchev–Trinajstić information content (AvgIpc) is 3.54. The summed E-state index contributed by atoms with van der Waals surface area (Å²) in [6.45, 7) is 8.08. The number of hydrogen-bond donors (Lipinski definition) is 0. The standard InChI is InChI=1S/C29H38O7/c1-5-22(31)35-19-10-12-27(3)18(14-19)7-8-21-20(27)11-13-28(4)24(17-6-9-23(32)33-15-17)25(34-16(2)30)26-29(21,28)36-26/h6,9,15,18-21,24-26H,5,7-8,10-14H2,1-4H3/t18-,19+,20?,21-,24+,25-,26-,27+,28-,29-/m1/s1. The normalized spacial score (nSPS) is 46.5. The van der Waals surface area contributed by atoms with Gasteiger partial charge in [0, 0.05) is 30.7 Å². The van der Waals surface area contributed by atoms with Crippen molar-refractivity contribution in [1.29, 1.82) is 0 Å². The van der Waals surface area contributed by atoms with Gasteiger partial charge in [-0.15, -0.1) is 0 Å². The first-order valence-electron chi connectivity index (χ1n) is 13.8. The Labute approximate surface area is 212 Å². The molecule has 36 heavy (non-hydrogen) atoms. The highest BCUT2D eigenvalue weighted by molar-refractivity contribution is 5.69. The molecule has 0 bridgehead atoms. The van der Waals surface area contributed by atoms with Crippen molar-refractivity contribution in [1.82, 2.24) is 0 Å². The van der Waals surface area contributed by atoms with E-state index in [0.29, 0.717) is 24.2 Å². The average molecular weight is 499 g/mol. The van der Waals surface area contributed by atoms with E-state index in [1.54, 1.807) is 6.26 Å². The number of esters is 2. The van der Waals surface area contributed by atoms with Crippen LogP contribution in [0.2, 0.25) is 0 Å². The Hall–Kier alpha value is -2.15. The first-order valence-corrected chi connectivity index (χ1v) is 13.8. The zero-order valence-electron chi connectivity index (χ0n) is 21.8. The van der Waals surface area contributed by atoms with E-state index in [2.05, 4.69) is 13.8 Å². The molecule has 1 saturated heterocycles. The Morgan fingerprint density at radius 2 is 1.86 bits per heavy atom. The molecule has 6 rings (SSSR count). The van der Waals surface area contributed by atoms with Crippen molar-refractivity contribution in [3.8, 4) is 0 Å². The fraction of sp³-hybridized carbons (Fsp3) is 0.759. The fourth-order valence-corrected chi connectivity index (χ4v) is 9.46. The van der Waals surface area contributed by atoms with Crippen LogP contribution in [0.15, 0.2) is 27.6 Å². The minimum absolute atomic E-state index is 0.0426. The molecule has 0 N–H and O–H groups in total. The highest BCUT2D eigenvalue weighted by Gasteiger charge is 2.84. The second kappa shape index (κ2) is 8.17. The molecule has 1 aromatic heterocycles. The van der Waals surface area contributed by atoms with Crippen LogP contribution in [0, 0.1) is 28.6 Å². The van der Waals surface area contributed by atoms with Crippen LogP contribution in [0.25, 0.3) is 0 Å². The van der Waals surface area contributed by atoms with E-state index in [1.165, 1.54) is 13.0 Å². The van der Waals surface area contributed by atoms with Crippen LogP contribution in [0.1, 0.15) is 90.5 Å². The highest BCUT2D eigenvalue weighted by Crippen LogP contribution is 2.78. The largest absolute Gasteiger partial charge is 0.462 e. The smallest absolute Gasteiger partial charge is 0.335 e. The Bertz CT molecular complexity index is 1110. The molecule has 5 aliphatic rings. The van der Waals surface area contributed by atoms with Gasteiger partial charge in [0.2, 0.25) is 0 Å². The number of ether oxygens (including phenoxy) is 3. The lowest BCUT2D eigenvalue weighted by atomic mass is 9.44. The Balaban J connectivity index is 1.32. The van der Waals surface area contributed by atoms with Crippen LogP contribution in [0.4, 0.5) is 0 Å². The maximum Gasteiger partial charge on any atom is 0.335 e. The zero-order valence-corrected chi connectivity index (χ0v) is 21.8. The van der Waals surface area contributed by atoms with E-state index < -0.39 is 0 Å². The number of carbonyl (C=O) groups is 2. The summed E-state index contributed by atoms with van der Waals surface area (Å²) in [4.78, 5) is 35.8. The van der Waals surface area contributed by atoms with Crippen LogP contribution < -0.4 is 5.63 Å². The van der Waals surface area contributed by atoms with Gasteiger partial charge in [0.25, 0.3) is 0 Å². The molecular formula is C29H38O7. The second-order valence-electron chi connectivity index (χ2n) is 12.5. The summed E-state index contributed by atoms with van der Waals surface area (Å²) in [5.41, 5.74) is 0.193. The Morgan fingerprint density at radius 1 is 1.06 bits per heavy atom. The minimum Gasteiger partial charge on any atom is -0.462 e. The summed E-state index contributed by atoms with van der Waals surface area (Å²) < 4.78 is 23.7. The van der Waals surface area contributed by atoms with Gasteiger partial charge in [-0.3, -0.25) is 9.59 Å². The molecule has 10 atom stereocenters. The van der Waals surface area contributed by atoms with E-state index >= 15 is 0 Å². The Kier molecular flexibility index (Phi) is 5.50. The summed E-state index contributed by atoms with van der Waals surface area (Å²) in [7, 11) is 0. The molecule has 1 aromatic rings. The molecule has 0 radical (unpaired) electrons. The lowest BCUT2D eigenvalue weighted by Gasteiger charge is -2.61. The number of epoxide rings is 1. The van der Waals surface area contributed by atoms with Crippen molar-refractivity contribution < 1.29 is 28.2 Å². The molecule has 7 nitrogen and oxygen atoms in total. The van der Waals surface area contributed by atoms with Crippen molar-refractivity contribution in [2.45, 2.75) is 109 Å². The van der Waals surface area contributed by atoms with Gasteiger partial charge in [-0.25, -0.2) is 4.79 Å². The third kappa shape index (κ3) is 3.23. The third-order valence-electron chi connectivity index (χ3n) is 11.0. The van der Waals surface area contributed by atoms with Crippen LogP contribution in [-0.2, 0) is 23.8 Å². The first kappa shape index (κ1) is 24.2. The summed E-state index contributed by atoms with van der Waals surface area (Å²) in [6, 6.07) is 3.29. The molecule has 4 aliphatic carbocycles. The molecule has 4 saturated carbocycles. The topological polar surface area (TPSA) is 95.3 Å². The fourth-order valence-electron chi connectivity index (χ4n) is 9.46. The number of carbonyl (C=O) groups excluding carboxylic acids is 2. The van der Waals surface area contributed by atoms with Gasteiger partial charge in [-0.1, -0.05) is 20.8 Å². The van der Waals surface area contributed by atoms with Gasteiger partial charge < -0.3 is 18.6 Å². The van der Waals surface area contributed by atoms with Crippen LogP contribution in [-0.4, -0.2) is 35.9 Å². The van der Waals surface area contributed by atoms with Crippen LogP contribution in [0.3, 0.4) is 0 Å². The predicted molar refractivity (Wildman–Crippen MR) is 130 cm³/mol. The number of rotatable bonds is 4. The number of fused-ring (bicyclic) bond motifs is 3. The summed E-state index contributed by atoms with van der Waals surface area (Å²) >= 11 is 0. The molecule has 1 unspecified atom stereocenters. The third-order valence-corrected chi connectivity index (χ3v) is 11.0. The van der Waals surface area contributed by atoms with Crippen molar-refractivity contribution in [2.24, 2.45) is 28.6 Å². The quantitative estimate of drug-likeness (QED) is 0.436. The van der Waals surface area contributed by atoms with Gasteiger partial charge in [0.05, 0.1) is 6.26 Å². The maximum atomic E-state index is 12.2. The van der Waals surface area contributed by atoms with E-state index in [-0.39, 0.29) is 58.2 Å². The zero-order chi connectivity index (χ0) is 25.5. The first-order chi connectivity index (χ1) is 17.1. The van der Waals surface area contributed by atoms with Gasteiger partial charge in [0.15, 0.2) is 0 Å². The van der Waals surface area contributed by atoms with Gasteiger partial charge in [0.1, 0.15) is 23.9 Å². The maximum absolute atomic E-state index is 12.2. The monoisotopic (exact) mass is 498 g/mol. The molecule has 7 heteroatoms. The SMILES string of the molecule is CCC(=O)O[C@H]1CC[C@]2(C)C3CC[C@]4(C)[C@@H](c5ccc(=O)oc5)[C@@H](OC(C)=O)[C@H]5O[C@]54[C@@H]3CC[C@@H]2C1. The van der Waals surface area contributed by atoms with Crippen molar-refractivity contribution in [3.05, 3.63) is 34.4 Å². The summed E-state index contributed by atoms with van der Waals surface area (Å²) in [5, 5.41) is 0. The molecule has 2 heterocycles. The highest BCUT2D eigenvalue weighted by atomic mass is 16.7. The number of hydrogen-bond acceptors (Lipinski definition) is 7. The lowest BCUT2D eigenvalue weighted by Crippen LogP contribution is -2.58. The summed E-state index contributed by atoms with van der Waals surface area (Å²) in [5.74, 6) is 1.01. The van der Waals surface area contributed by atoms with Crippen LogP contribution >= 0.6 is 0 Å². The Morgan fingerprint density at radius 3 is 2.56 bits per heavy atom. The predicted octanol–water partition coefficient (Wildman–Crippen LogP) is 4.76. The lowest BCUT2D eigenvalue weighted by molar-refractivity contribution is -0.168. The van der Waals surface area contributed by atoms with Crippen molar-refractivity contribution in [2.75, 3.05) is 0 Å². The molecule has 1 spiro atoms. The van der Waals surface area contributed by atoms with Crippen molar-refractivity contribution >= 4 is 11.9 Å². The van der Waals surface area contributed by atoms with E-state index in [0.717, 1.165) is 50.5 Å². The van der Waals surface area contributed by atoms with E-state index in [1.807, 2.05) is 13.0 Å². The van der Waals surface area contributed by atoms with Crippen molar-refractivity contribution in [3.63, 3.8) is 0 Å². The summed E-state index contributed by atoms with van der Waals surface area (Å²) in [6.07, 6.45) is 8.73. The molecule has 0 aromatic carbocycles. The van der Waals surface area contributed by atoms with Crippen LogP contribution in [0.5, 0.6) is 0 Å². The molecule has 1 aliphatic heterocycles. The molecular weight excluding hydrogens is 460 g/mol. The van der Waals surface area contributed by atoms with Gasteiger partial charge >= 0.3 is 17.6 Å². The molecule has 196 valence electrons. The second-order valence-corrected chi connectivity index (χ2v) is 12.5. The van der Waals surface area contributed by atoms with E-state index in [9.17, 15) is 14.4 Å². The van der Waals surface area contributed by atoms with E-state index in [4.69, 9.17) is 18.6 Å². The van der Waals surface area contributed by atoms with Gasteiger partial charge in [-0.05, 0) is 79.7 Å². The molecule has 5 fully saturated rings. The minimum atomic E-state index is -0.381.